The van der Waals surface area contributed by atoms with E-state index in [1.165, 1.54) is 6.42 Å². The zero-order valence-electron chi connectivity index (χ0n) is 18.6. The van der Waals surface area contributed by atoms with Crippen molar-refractivity contribution in [2.75, 3.05) is 13.1 Å². The van der Waals surface area contributed by atoms with E-state index in [9.17, 15) is 9.59 Å². The van der Waals surface area contributed by atoms with Gasteiger partial charge in [0.05, 0.1) is 6.54 Å². The summed E-state index contributed by atoms with van der Waals surface area (Å²) in [5.74, 6) is 0.00784. The van der Waals surface area contributed by atoms with Gasteiger partial charge in [-0.3, -0.25) is 4.79 Å². The van der Waals surface area contributed by atoms with Crippen LogP contribution in [0, 0.1) is 0 Å². The highest BCUT2D eigenvalue weighted by atomic mass is 32.1. The largest absolute Gasteiger partial charge is 0.338 e. The first-order valence-electron chi connectivity index (χ1n) is 11.6. The first-order chi connectivity index (χ1) is 15.2. The van der Waals surface area contributed by atoms with Gasteiger partial charge in [-0.05, 0) is 36.3 Å². The molecule has 1 aromatic carbocycles. The lowest BCUT2D eigenvalue weighted by Gasteiger charge is -2.35. The van der Waals surface area contributed by atoms with Crippen molar-refractivity contribution in [1.29, 1.82) is 0 Å². The van der Waals surface area contributed by atoms with Crippen molar-refractivity contribution in [1.82, 2.24) is 15.1 Å². The van der Waals surface area contributed by atoms with Crippen molar-refractivity contribution >= 4 is 23.3 Å². The van der Waals surface area contributed by atoms with Gasteiger partial charge in [0.1, 0.15) is 6.54 Å². The quantitative estimate of drug-likeness (QED) is 0.501. The summed E-state index contributed by atoms with van der Waals surface area (Å²) in [6.07, 6.45) is 7.43. The van der Waals surface area contributed by atoms with E-state index in [1.807, 2.05) is 51.6 Å². The van der Waals surface area contributed by atoms with Gasteiger partial charge in [0, 0.05) is 24.0 Å². The number of hydrogen-bond donors (Lipinski definition) is 1. The number of nitrogens with one attached hydrogen (secondary N) is 1. The van der Waals surface area contributed by atoms with Gasteiger partial charge >= 0.3 is 6.03 Å². The summed E-state index contributed by atoms with van der Waals surface area (Å²) in [5.41, 5.74) is 1.10. The van der Waals surface area contributed by atoms with Crippen molar-refractivity contribution in [3.8, 4) is 0 Å². The van der Waals surface area contributed by atoms with Crippen LogP contribution in [0.3, 0.4) is 0 Å². The molecule has 0 bridgehead atoms. The topological polar surface area (TPSA) is 52.7 Å². The fourth-order valence-corrected chi connectivity index (χ4v) is 4.82. The molecule has 0 atom stereocenters. The second-order valence-corrected chi connectivity index (χ2v) is 9.35. The summed E-state index contributed by atoms with van der Waals surface area (Å²) >= 11 is 1.66. The van der Waals surface area contributed by atoms with Gasteiger partial charge in [-0.15, -0.1) is 11.3 Å². The Kier molecular flexibility index (Phi) is 9.40. The zero-order valence-corrected chi connectivity index (χ0v) is 19.4. The first kappa shape index (κ1) is 23.3. The number of carbonyl (C=O) groups excluding carboxylic acids is 2. The summed E-state index contributed by atoms with van der Waals surface area (Å²) in [5, 5.41) is 5.08. The number of hydrogen-bond acceptors (Lipinski definition) is 3. The molecule has 0 spiro atoms. The van der Waals surface area contributed by atoms with Crippen LogP contribution in [0.25, 0.3) is 0 Å². The molecule has 1 saturated carbocycles. The average molecular weight is 442 g/mol. The molecule has 3 amide bonds. The van der Waals surface area contributed by atoms with Crippen LogP contribution in [0.15, 0.2) is 47.8 Å². The molecule has 6 heteroatoms. The molecule has 1 aliphatic carbocycles. The van der Waals surface area contributed by atoms with Crippen LogP contribution >= 0.6 is 11.3 Å². The molecule has 1 aliphatic rings. The molecule has 1 aromatic heterocycles. The molecule has 0 aliphatic heterocycles. The Morgan fingerprint density at radius 3 is 2.48 bits per heavy atom. The average Bonchev–Trinajstić information content (AvgIpc) is 3.31. The summed E-state index contributed by atoms with van der Waals surface area (Å²) in [6.45, 7) is 4.03. The predicted octanol–water partition coefficient (Wildman–Crippen LogP) is 5.42. The zero-order chi connectivity index (χ0) is 21.9. The van der Waals surface area contributed by atoms with Crippen LogP contribution in [0.2, 0.25) is 0 Å². The van der Waals surface area contributed by atoms with E-state index in [0.717, 1.165) is 49.0 Å². The van der Waals surface area contributed by atoms with Gasteiger partial charge in [-0.25, -0.2) is 4.79 Å². The lowest BCUT2D eigenvalue weighted by Crippen LogP contribution is -2.51. The predicted molar refractivity (Wildman–Crippen MR) is 127 cm³/mol. The number of benzene rings is 1. The van der Waals surface area contributed by atoms with Crippen LogP contribution in [0.5, 0.6) is 0 Å². The Morgan fingerprint density at radius 2 is 1.81 bits per heavy atom. The maximum atomic E-state index is 13.5. The summed E-state index contributed by atoms with van der Waals surface area (Å²) < 4.78 is 0. The fraction of sp³-hybridized carbons (Fsp3) is 0.520. The van der Waals surface area contributed by atoms with E-state index in [1.54, 1.807) is 11.3 Å². The molecule has 0 saturated heterocycles. The maximum Gasteiger partial charge on any atom is 0.318 e. The smallest absolute Gasteiger partial charge is 0.318 e. The fourth-order valence-electron chi connectivity index (χ4n) is 4.11. The van der Waals surface area contributed by atoms with Gasteiger partial charge in [0.25, 0.3) is 0 Å². The Hall–Kier alpha value is -2.34. The molecular weight excluding hydrogens is 406 g/mol. The van der Waals surface area contributed by atoms with Crippen molar-refractivity contribution in [3.63, 3.8) is 0 Å². The van der Waals surface area contributed by atoms with Crippen molar-refractivity contribution in [2.24, 2.45) is 0 Å². The molecule has 31 heavy (non-hydrogen) atoms. The molecule has 2 aromatic rings. The Balaban J connectivity index is 1.73. The monoisotopic (exact) mass is 441 g/mol. The molecule has 168 valence electrons. The highest BCUT2D eigenvalue weighted by Gasteiger charge is 2.29. The molecule has 1 heterocycles. The van der Waals surface area contributed by atoms with Gasteiger partial charge in [0.2, 0.25) is 5.91 Å². The first-order valence-corrected chi connectivity index (χ1v) is 12.4. The van der Waals surface area contributed by atoms with E-state index in [-0.39, 0.29) is 24.5 Å². The molecular formula is C25H35N3O2S. The lowest BCUT2D eigenvalue weighted by atomic mass is 9.94. The van der Waals surface area contributed by atoms with E-state index < -0.39 is 0 Å². The minimum Gasteiger partial charge on any atom is -0.338 e. The second kappa shape index (κ2) is 12.5. The molecule has 1 fully saturated rings. The van der Waals surface area contributed by atoms with Crippen molar-refractivity contribution in [3.05, 3.63) is 58.3 Å². The highest BCUT2D eigenvalue weighted by molar-refractivity contribution is 7.09. The number of unbranched alkanes of at least 4 members (excludes halogenated alkanes) is 1. The number of nitrogens with zero attached hydrogens (tertiary/aromatic N) is 2. The standard InChI is InChI=1S/C25H35N3O2S/c1-2-3-16-26-25(30)28(22-13-8-5-9-14-22)20-24(29)27(19-23-15-10-17-31-23)18-21-11-6-4-7-12-21/h4,6-7,10-12,15,17,22H,2-3,5,8-9,13-14,16,18-20H2,1H3,(H,26,30). The minimum absolute atomic E-state index is 0.00784. The number of amides is 3. The summed E-state index contributed by atoms with van der Waals surface area (Å²) in [7, 11) is 0. The van der Waals surface area contributed by atoms with Gasteiger partial charge in [0.15, 0.2) is 0 Å². The van der Waals surface area contributed by atoms with Gasteiger partial charge in [-0.1, -0.05) is 69.0 Å². The van der Waals surface area contributed by atoms with Crippen molar-refractivity contribution in [2.45, 2.75) is 71.0 Å². The maximum absolute atomic E-state index is 13.5. The second-order valence-electron chi connectivity index (χ2n) is 8.32. The number of urea groups is 1. The van der Waals surface area contributed by atoms with E-state index in [4.69, 9.17) is 0 Å². The molecule has 5 nitrogen and oxygen atoms in total. The number of carbonyl (C=O) groups is 2. The third-order valence-electron chi connectivity index (χ3n) is 5.88. The minimum atomic E-state index is -0.0931. The Labute approximate surface area is 190 Å². The van der Waals surface area contributed by atoms with E-state index in [0.29, 0.717) is 19.6 Å². The van der Waals surface area contributed by atoms with Crippen LogP contribution in [0.4, 0.5) is 4.79 Å². The molecule has 1 N–H and O–H groups in total. The van der Waals surface area contributed by atoms with E-state index in [2.05, 4.69) is 18.3 Å². The third kappa shape index (κ3) is 7.39. The SMILES string of the molecule is CCCCNC(=O)N(CC(=O)N(Cc1ccccc1)Cc1cccs1)C1CCCCC1. The number of rotatable bonds is 10. The molecule has 3 rings (SSSR count). The normalized spacial score (nSPS) is 14.2. The van der Waals surface area contributed by atoms with Crippen LogP contribution in [-0.2, 0) is 17.9 Å². The van der Waals surface area contributed by atoms with Crippen LogP contribution < -0.4 is 5.32 Å². The molecule has 0 unspecified atom stereocenters. The van der Waals surface area contributed by atoms with E-state index >= 15 is 0 Å². The van der Waals surface area contributed by atoms with Gasteiger partial charge in [-0.2, -0.15) is 0 Å². The van der Waals surface area contributed by atoms with Crippen LogP contribution in [-0.4, -0.2) is 40.9 Å². The van der Waals surface area contributed by atoms with Crippen molar-refractivity contribution < 1.29 is 9.59 Å². The Morgan fingerprint density at radius 1 is 1.03 bits per heavy atom. The Bertz CT molecular complexity index is 788. The number of thiophene rings is 1. The molecule has 0 radical (unpaired) electrons. The van der Waals surface area contributed by atoms with Gasteiger partial charge < -0.3 is 15.1 Å². The highest BCUT2D eigenvalue weighted by Crippen LogP contribution is 2.23. The van der Waals surface area contributed by atoms with Crippen LogP contribution in [0.1, 0.15) is 62.3 Å². The lowest BCUT2D eigenvalue weighted by molar-refractivity contribution is -0.133. The summed E-state index contributed by atoms with van der Waals surface area (Å²) in [6, 6.07) is 14.2. The summed E-state index contributed by atoms with van der Waals surface area (Å²) in [4.78, 5) is 31.3. The third-order valence-corrected chi connectivity index (χ3v) is 6.75.